The van der Waals surface area contributed by atoms with Gasteiger partial charge >= 0.3 is 5.97 Å². The van der Waals surface area contributed by atoms with Crippen molar-refractivity contribution in [3.8, 4) is 0 Å². The van der Waals surface area contributed by atoms with Crippen molar-refractivity contribution in [2.45, 2.75) is 31.9 Å². The van der Waals surface area contributed by atoms with E-state index in [1.165, 1.54) is 13.0 Å². The number of carbonyl (C=O) groups is 1. The van der Waals surface area contributed by atoms with Crippen molar-refractivity contribution in [2.24, 2.45) is 0 Å². The number of hydrogen-bond acceptors (Lipinski definition) is 1. The van der Waals surface area contributed by atoms with Gasteiger partial charge < -0.3 is 5.11 Å². The van der Waals surface area contributed by atoms with Crippen LogP contribution in [0.3, 0.4) is 0 Å². The number of allylic oxidation sites excluding steroid dienone is 1. The molecule has 1 atom stereocenters. The van der Waals surface area contributed by atoms with Crippen LogP contribution in [-0.4, -0.2) is 16.7 Å². The molecule has 0 aromatic carbocycles. The van der Waals surface area contributed by atoms with E-state index in [2.05, 4.69) is 0 Å². The summed E-state index contributed by atoms with van der Waals surface area (Å²) < 4.78 is 13.1. The Kier molecular flexibility index (Phi) is 1.98. The van der Waals surface area contributed by atoms with Crippen molar-refractivity contribution >= 4 is 5.97 Å². The Morgan fingerprint density at radius 2 is 2.45 bits per heavy atom. The first-order chi connectivity index (χ1) is 5.01. The van der Waals surface area contributed by atoms with Gasteiger partial charge in [0.2, 0.25) is 0 Å². The number of carboxylic acids is 1. The van der Waals surface area contributed by atoms with Gasteiger partial charge in [-0.05, 0) is 26.2 Å². The zero-order valence-electron chi connectivity index (χ0n) is 6.43. The van der Waals surface area contributed by atoms with Gasteiger partial charge in [0.1, 0.15) is 5.67 Å². The van der Waals surface area contributed by atoms with E-state index in [0.29, 0.717) is 18.4 Å². The van der Waals surface area contributed by atoms with Gasteiger partial charge in [-0.3, -0.25) is 0 Å². The molecule has 0 fully saturated rings. The van der Waals surface area contributed by atoms with Gasteiger partial charge in [0.15, 0.2) is 0 Å². The Morgan fingerprint density at radius 1 is 1.82 bits per heavy atom. The van der Waals surface area contributed by atoms with Gasteiger partial charge in [-0.15, -0.1) is 0 Å². The van der Waals surface area contributed by atoms with E-state index < -0.39 is 11.6 Å². The number of rotatable bonds is 1. The van der Waals surface area contributed by atoms with Crippen LogP contribution in [0.4, 0.5) is 4.39 Å². The van der Waals surface area contributed by atoms with Gasteiger partial charge in [0.25, 0.3) is 0 Å². The van der Waals surface area contributed by atoms with Crippen LogP contribution in [0.5, 0.6) is 0 Å². The molecule has 62 valence electrons. The second kappa shape index (κ2) is 2.64. The molecule has 1 N–H and O–H groups in total. The number of halogens is 1. The SMILES string of the molecule is C[C@]1(F)CC=C(C(=O)O)CC1. The highest BCUT2D eigenvalue weighted by Gasteiger charge is 2.27. The van der Waals surface area contributed by atoms with Crippen molar-refractivity contribution < 1.29 is 14.3 Å². The van der Waals surface area contributed by atoms with Gasteiger partial charge in [-0.2, -0.15) is 0 Å². The zero-order chi connectivity index (χ0) is 8.48. The third-order valence-electron chi connectivity index (χ3n) is 1.96. The smallest absolute Gasteiger partial charge is 0.331 e. The Hall–Kier alpha value is -0.860. The monoisotopic (exact) mass is 158 g/mol. The van der Waals surface area contributed by atoms with Crippen LogP contribution in [0.1, 0.15) is 26.2 Å². The molecule has 0 saturated heterocycles. The molecule has 11 heavy (non-hydrogen) atoms. The molecule has 1 aliphatic carbocycles. The van der Waals surface area contributed by atoms with E-state index >= 15 is 0 Å². The zero-order valence-corrected chi connectivity index (χ0v) is 6.43. The molecule has 0 aliphatic heterocycles. The molecule has 0 amide bonds. The van der Waals surface area contributed by atoms with Crippen molar-refractivity contribution in [2.75, 3.05) is 0 Å². The minimum atomic E-state index is -1.20. The van der Waals surface area contributed by atoms with E-state index in [9.17, 15) is 9.18 Å². The van der Waals surface area contributed by atoms with Gasteiger partial charge in [-0.25, -0.2) is 9.18 Å². The molecule has 0 radical (unpaired) electrons. The lowest BCUT2D eigenvalue weighted by molar-refractivity contribution is -0.133. The summed E-state index contributed by atoms with van der Waals surface area (Å²) in [6, 6.07) is 0. The van der Waals surface area contributed by atoms with Crippen LogP contribution in [0.15, 0.2) is 11.6 Å². The number of hydrogen-bond donors (Lipinski definition) is 1. The Balaban J connectivity index is 2.65. The summed E-state index contributed by atoms with van der Waals surface area (Å²) >= 11 is 0. The molecule has 0 saturated carbocycles. The Labute approximate surface area is 64.7 Å². The van der Waals surface area contributed by atoms with E-state index in [0.717, 1.165) is 0 Å². The third-order valence-corrected chi connectivity index (χ3v) is 1.96. The minimum absolute atomic E-state index is 0.231. The van der Waals surface area contributed by atoms with E-state index in [1.807, 2.05) is 0 Å². The normalized spacial score (nSPS) is 31.3. The quantitative estimate of drug-likeness (QED) is 0.632. The predicted octanol–water partition coefficient (Wildman–Crippen LogP) is 1.91. The molecule has 0 heterocycles. The van der Waals surface area contributed by atoms with Crippen LogP contribution >= 0.6 is 0 Å². The van der Waals surface area contributed by atoms with Crippen LogP contribution in [0.25, 0.3) is 0 Å². The van der Waals surface area contributed by atoms with Crippen LogP contribution < -0.4 is 0 Å². The molecule has 3 heteroatoms. The van der Waals surface area contributed by atoms with E-state index in [1.54, 1.807) is 0 Å². The maximum absolute atomic E-state index is 13.1. The standard InChI is InChI=1S/C8H11FO2/c1-8(9)4-2-6(3-5-8)7(10)11/h2H,3-5H2,1H3,(H,10,11)/t8-/m0/s1. The highest BCUT2D eigenvalue weighted by atomic mass is 19.1. The molecule has 1 rings (SSSR count). The minimum Gasteiger partial charge on any atom is -0.478 e. The van der Waals surface area contributed by atoms with Crippen molar-refractivity contribution in [3.63, 3.8) is 0 Å². The lowest BCUT2D eigenvalue weighted by Crippen LogP contribution is -2.22. The summed E-state index contributed by atoms with van der Waals surface area (Å²) in [7, 11) is 0. The molecular weight excluding hydrogens is 147 g/mol. The van der Waals surface area contributed by atoms with Gasteiger partial charge in [-0.1, -0.05) is 6.08 Å². The van der Waals surface area contributed by atoms with E-state index in [-0.39, 0.29) is 6.42 Å². The lowest BCUT2D eigenvalue weighted by Gasteiger charge is -2.22. The van der Waals surface area contributed by atoms with Crippen molar-refractivity contribution in [1.29, 1.82) is 0 Å². The molecule has 0 bridgehead atoms. The first-order valence-corrected chi connectivity index (χ1v) is 3.62. The van der Waals surface area contributed by atoms with Crippen LogP contribution in [0.2, 0.25) is 0 Å². The fourth-order valence-corrected chi connectivity index (χ4v) is 1.13. The summed E-state index contributed by atoms with van der Waals surface area (Å²) in [5, 5.41) is 8.52. The molecule has 0 aromatic rings. The Bertz CT molecular complexity index is 206. The van der Waals surface area contributed by atoms with E-state index in [4.69, 9.17) is 5.11 Å². The highest BCUT2D eigenvalue weighted by Crippen LogP contribution is 2.30. The largest absolute Gasteiger partial charge is 0.478 e. The highest BCUT2D eigenvalue weighted by molar-refractivity contribution is 5.86. The summed E-state index contributed by atoms with van der Waals surface area (Å²) in [6.45, 7) is 1.50. The molecule has 2 nitrogen and oxygen atoms in total. The first-order valence-electron chi connectivity index (χ1n) is 3.62. The average molecular weight is 158 g/mol. The molecule has 0 spiro atoms. The number of alkyl halides is 1. The maximum atomic E-state index is 13.1. The summed E-state index contributed by atoms with van der Waals surface area (Å²) in [5.74, 6) is -0.916. The van der Waals surface area contributed by atoms with Crippen LogP contribution in [-0.2, 0) is 4.79 Å². The summed E-state index contributed by atoms with van der Waals surface area (Å²) in [4.78, 5) is 10.4. The topological polar surface area (TPSA) is 37.3 Å². The number of carboxylic acid groups (broad SMARTS) is 1. The van der Waals surface area contributed by atoms with Crippen molar-refractivity contribution in [3.05, 3.63) is 11.6 Å². The molecule has 0 aromatic heterocycles. The molecule has 0 unspecified atom stereocenters. The molecular formula is C8H11FO2. The molecule has 1 aliphatic rings. The fraction of sp³-hybridized carbons (Fsp3) is 0.625. The van der Waals surface area contributed by atoms with Crippen LogP contribution in [0, 0.1) is 0 Å². The number of aliphatic carboxylic acids is 1. The second-order valence-electron chi connectivity index (χ2n) is 3.15. The first kappa shape index (κ1) is 8.24. The summed E-state index contributed by atoms with van der Waals surface area (Å²) in [5.41, 5.74) is -0.848. The van der Waals surface area contributed by atoms with Gasteiger partial charge in [0.05, 0.1) is 0 Å². The van der Waals surface area contributed by atoms with Gasteiger partial charge in [0, 0.05) is 5.57 Å². The lowest BCUT2D eigenvalue weighted by atomic mass is 9.89. The second-order valence-corrected chi connectivity index (χ2v) is 3.15. The average Bonchev–Trinajstić information content (AvgIpc) is 1.86. The van der Waals surface area contributed by atoms with Crippen molar-refractivity contribution in [1.82, 2.24) is 0 Å². The summed E-state index contributed by atoms with van der Waals surface area (Å²) in [6.07, 6.45) is 2.38. The Morgan fingerprint density at radius 3 is 2.82 bits per heavy atom. The maximum Gasteiger partial charge on any atom is 0.331 e. The predicted molar refractivity (Wildman–Crippen MR) is 39.1 cm³/mol. The fourth-order valence-electron chi connectivity index (χ4n) is 1.13. The third kappa shape index (κ3) is 2.03.